The molecular weight excluding hydrogens is 510 g/mol. The van der Waals surface area contributed by atoms with Crippen LogP contribution >= 0.6 is 12.2 Å². The van der Waals surface area contributed by atoms with Gasteiger partial charge in [-0.1, -0.05) is 0 Å². The molecule has 2 fully saturated rings. The number of benzene rings is 1. The van der Waals surface area contributed by atoms with Crippen molar-refractivity contribution >= 4 is 34.6 Å². The number of hydrogen-bond acceptors (Lipinski definition) is 5. The second-order valence-electron chi connectivity index (χ2n) is 8.69. The molecule has 2 aromatic heterocycles. The topological polar surface area (TPSA) is 74.4 Å². The molecule has 0 unspecified atom stereocenters. The summed E-state index contributed by atoms with van der Waals surface area (Å²) >= 11 is 5.51. The van der Waals surface area contributed by atoms with Gasteiger partial charge in [-0.05, 0) is 61.8 Å². The molecule has 0 atom stereocenters. The number of carbonyl (C=O) groups is 1. The van der Waals surface area contributed by atoms with Crippen molar-refractivity contribution in [2.45, 2.75) is 37.5 Å². The zero-order valence-corrected chi connectivity index (χ0v) is 20.0. The summed E-state index contributed by atoms with van der Waals surface area (Å²) in [5.74, 6) is -1.35. The van der Waals surface area contributed by atoms with Crippen molar-refractivity contribution in [3.63, 3.8) is 0 Å². The summed E-state index contributed by atoms with van der Waals surface area (Å²) in [5.41, 5.74) is -3.80. The number of carbonyl (C=O) groups excluding carboxylic acids is 1. The van der Waals surface area contributed by atoms with E-state index in [1.807, 2.05) is 29.1 Å². The summed E-state index contributed by atoms with van der Waals surface area (Å²) in [4.78, 5) is 19.3. The van der Waals surface area contributed by atoms with E-state index in [-0.39, 0.29) is 23.2 Å². The van der Waals surface area contributed by atoms with Gasteiger partial charge >= 0.3 is 6.18 Å². The van der Waals surface area contributed by atoms with E-state index in [4.69, 9.17) is 17.0 Å². The molecule has 1 saturated heterocycles. The van der Waals surface area contributed by atoms with Crippen molar-refractivity contribution in [1.29, 1.82) is 5.26 Å². The molecule has 1 aliphatic carbocycles. The van der Waals surface area contributed by atoms with Crippen molar-refractivity contribution in [2.75, 3.05) is 16.4 Å². The number of nitrogens with zero attached hydrogens (tertiary/aromatic N) is 5. The fourth-order valence-electron chi connectivity index (χ4n) is 4.72. The Hall–Kier alpha value is -3.98. The van der Waals surface area contributed by atoms with Crippen LogP contribution in [0.25, 0.3) is 0 Å². The van der Waals surface area contributed by atoms with E-state index in [9.17, 15) is 23.2 Å². The van der Waals surface area contributed by atoms with E-state index < -0.39 is 40.4 Å². The van der Waals surface area contributed by atoms with Crippen molar-refractivity contribution in [3.05, 3.63) is 72.1 Å². The number of alkyl halides is 3. The van der Waals surface area contributed by atoms with Crippen molar-refractivity contribution in [2.24, 2.45) is 0 Å². The normalized spacial score (nSPS) is 16.7. The smallest absolute Gasteiger partial charge is 0.421 e. The number of aromatic nitrogens is 2. The highest BCUT2D eigenvalue weighted by Crippen LogP contribution is 2.50. The molecule has 37 heavy (non-hydrogen) atoms. The lowest BCUT2D eigenvalue weighted by molar-refractivity contribution is -0.137. The lowest BCUT2D eigenvalue weighted by Gasteiger charge is -2.43. The van der Waals surface area contributed by atoms with Crippen LogP contribution in [0.1, 0.15) is 30.5 Å². The van der Waals surface area contributed by atoms with Crippen LogP contribution in [0.4, 0.5) is 28.9 Å². The molecule has 12 heteroatoms. The Morgan fingerprint density at radius 3 is 2.51 bits per heavy atom. The molecule has 0 N–H and O–H groups in total. The molecule has 0 radical (unpaired) electrons. The van der Waals surface area contributed by atoms with Crippen molar-refractivity contribution in [3.8, 4) is 11.8 Å². The van der Waals surface area contributed by atoms with Gasteiger partial charge < -0.3 is 14.2 Å². The van der Waals surface area contributed by atoms with Crippen LogP contribution in [-0.2, 0) is 17.5 Å². The maximum atomic E-state index is 15.0. The Kier molecular flexibility index (Phi) is 6.11. The molecule has 190 valence electrons. The minimum Gasteiger partial charge on any atom is -0.489 e. The Balaban J connectivity index is 1.48. The molecule has 1 aliphatic heterocycles. The predicted molar refractivity (Wildman–Crippen MR) is 129 cm³/mol. The minimum absolute atomic E-state index is 0.000910. The molecule has 1 saturated carbocycles. The first kappa shape index (κ1) is 24.7. The third-order valence-electron chi connectivity index (χ3n) is 6.60. The number of thiocarbonyl (C=S) groups is 1. The predicted octanol–water partition coefficient (Wildman–Crippen LogP) is 5.05. The van der Waals surface area contributed by atoms with Gasteiger partial charge in [-0.15, -0.1) is 0 Å². The van der Waals surface area contributed by atoms with E-state index in [0.29, 0.717) is 25.8 Å². The van der Waals surface area contributed by atoms with Gasteiger partial charge in [0.1, 0.15) is 23.8 Å². The largest absolute Gasteiger partial charge is 0.489 e. The van der Waals surface area contributed by atoms with Gasteiger partial charge in [0.15, 0.2) is 22.4 Å². The van der Waals surface area contributed by atoms with Crippen molar-refractivity contribution in [1.82, 2.24) is 9.55 Å². The Labute approximate surface area is 214 Å². The Morgan fingerprint density at radius 2 is 1.92 bits per heavy atom. The lowest BCUT2D eigenvalue weighted by Crippen LogP contribution is -2.55. The number of amides is 1. The average molecular weight is 530 g/mol. The molecular formula is C25H19F4N5O2S. The van der Waals surface area contributed by atoms with Crippen LogP contribution in [-0.4, -0.2) is 32.7 Å². The quantitative estimate of drug-likeness (QED) is 0.329. The number of ether oxygens (including phenoxy) is 1. The SMILES string of the molecule is N#Cc1nccc(N2C(=O)C3(CCC3)N(c3ccc(OCCn4cccc4)c(F)c3)C2=S)c1C(F)(F)F. The number of pyridine rings is 1. The monoisotopic (exact) mass is 529 g/mol. The van der Waals surface area contributed by atoms with E-state index in [1.165, 1.54) is 23.1 Å². The first-order valence-corrected chi connectivity index (χ1v) is 11.8. The van der Waals surface area contributed by atoms with E-state index in [2.05, 4.69) is 4.98 Å². The number of halogens is 4. The standard InChI is InChI=1S/C25H19F4N5O2S/c26-17-14-16(4-5-20(17)36-13-12-32-10-1-2-11-32)34-23(37)33(22(35)24(34)7-3-8-24)19-6-9-31-18(15-30)21(19)25(27,28)29/h1-2,4-6,9-11,14H,3,7-8,12-13H2. The van der Waals surface area contributed by atoms with Gasteiger partial charge in [0.25, 0.3) is 5.91 Å². The zero-order chi connectivity index (χ0) is 26.4. The first-order chi connectivity index (χ1) is 17.7. The summed E-state index contributed by atoms with van der Waals surface area (Å²) in [6.45, 7) is 0.724. The second-order valence-corrected chi connectivity index (χ2v) is 9.06. The van der Waals surface area contributed by atoms with Crippen molar-refractivity contribution < 1.29 is 27.1 Å². The summed E-state index contributed by atoms with van der Waals surface area (Å²) < 4.78 is 64.3. The number of hydrogen-bond donors (Lipinski definition) is 0. The molecule has 5 rings (SSSR count). The summed E-state index contributed by atoms with van der Waals surface area (Å²) in [6, 6.07) is 10.3. The van der Waals surface area contributed by atoms with Gasteiger partial charge in [-0.3, -0.25) is 9.69 Å². The second kappa shape index (κ2) is 9.15. The highest BCUT2D eigenvalue weighted by Gasteiger charge is 2.60. The third kappa shape index (κ3) is 4.09. The zero-order valence-electron chi connectivity index (χ0n) is 19.2. The molecule has 0 bridgehead atoms. The highest BCUT2D eigenvalue weighted by molar-refractivity contribution is 7.81. The van der Waals surface area contributed by atoms with E-state index in [0.717, 1.165) is 23.2 Å². The lowest BCUT2D eigenvalue weighted by atomic mass is 9.75. The number of anilines is 2. The Bertz CT molecular complexity index is 1410. The maximum absolute atomic E-state index is 15.0. The maximum Gasteiger partial charge on any atom is 0.421 e. The van der Waals surface area contributed by atoms with Crippen LogP contribution in [0.5, 0.6) is 5.75 Å². The summed E-state index contributed by atoms with van der Waals surface area (Å²) in [6.07, 6.45) is 1.07. The molecule has 1 aromatic carbocycles. The van der Waals surface area contributed by atoms with Crippen LogP contribution in [0.15, 0.2) is 55.0 Å². The Morgan fingerprint density at radius 1 is 1.19 bits per heavy atom. The van der Waals surface area contributed by atoms with Crippen LogP contribution in [0, 0.1) is 17.1 Å². The molecule has 3 heterocycles. The fourth-order valence-corrected chi connectivity index (χ4v) is 5.18. The summed E-state index contributed by atoms with van der Waals surface area (Å²) in [7, 11) is 0. The van der Waals surface area contributed by atoms with Gasteiger partial charge in [-0.25, -0.2) is 9.37 Å². The van der Waals surface area contributed by atoms with Crippen LogP contribution < -0.4 is 14.5 Å². The van der Waals surface area contributed by atoms with E-state index in [1.54, 1.807) is 0 Å². The average Bonchev–Trinajstić information content (AvgIpc) is 3.42. The molecule has 2 aliphatic rings. The first-order valence-electron chi connectivity index (χ1n) is 11.4. The molecule has 1 amide bonds. The van der Waals surface area contributed by atoms with Gasteiger partial charge in [-0.2, -0.15) is 18.4 Å². The molecule has 3 aromatic rings. The number of nitriles is 1. The van der Waals surface area contributed by atoms with Gasteiger partial charge in [0.05, 0.1) is 12.2 Å². The minimum atomic E-state index is -4.96. The fraction of sp³-hybridized carbons (Fsp3) is 0.280. The van der Waals surface area contributed by atoms with Gasteiger partial charge in [0, 0.05) is 30.3 Å². The molecule has 1 spiro atoms. The van der Waals surface area contributed by atoms with E-state index >= 15 is 4.39 Å². The highest BCUT2D eigenvalue weighted by atomic mass is 32.1. The number of rotatable bonds is 6. The van der Waals surface area contributed by atoms with Crippen LogP contribution in [0.2, 0.25) is 0 Å². The summed E-state index contributed by atoms with van der Waals surface area (Å²) in [5, 5.41) is 9.00. The van der Waals surface area contributed by atoms with Crippen LogP contribution in [0.3, 0.4) is 0 Å². The molecule has 7 nitrogen and oxygen atoms in total. The third-order valence-corrected chi connectivity index (χ3v) is 6.96. The van der Waals surface area contributed by atoms with Gasteiger partial charge in [0.2, 0.25) is 0 Å².